The van der Waals surface area contributed by atoms with Gasteiger partial charge in [0.25, 0.3) is 0 Å². The van der Waals surface area contributed by atoms with Crippen molar-refractivity contribution in [1.29, 1.82) is 0 Å². The molecule has 0 spiro atoms. The van der Waals surface area contributed by atoms with Crippen LogP contribution in [0.3, 0.4) is 0 Å². The van der Waals surface area contributed by atoms with E-state index in [0.29, 0.717) is 11.1 Å². The summed E-state index contributed by atoms with van der Waals surface area (Å²) >= 11 is 1.94. The van der Waals surface area contributed by atoms with Crippen LogP contribution in [0.15, 0.2) is 12.4 Å². The largest absolute Gasteiger partial charge is 0.480 e. The van der Waals surface area contributed by atoms with Crippen LogP contribution in [0.2, 0.25) is 0 Å². The second-order valence-corrected chi connectivity index (χ2v) is 5.35. The topological polar surface area (TPSA) is 73.1 Å². The van der Waals surface area contributed by atoms with E-state index in [0.717, 1.165) is 12.1 Å². The summed E-state index contributed by atoms with van der Waals surface area (Å²) in [4.78, 5) is 8.52. The minimum Gasteiger partial charge on any atom is -0.480 e. The Bertz CT molecular complexity index is 357. The van der Waals surface area contributed by atoms with Crippen molar-refractivity contribution < 1.29 is 4.74 Å². The first-order chi connectivity index (χ1) is 8.36. The van der Waals surface area contributed by atoms with E-state index in [1.807, 2.05) is 11.8 Å². The quantitative estimate of drug-likeness (QED) is 0.623. The van der Waals surface area contributed by atoms with Gasteiger partial charge < -0.3 is 4.74 Å². The van der Waals surface area contributed by atoms with Crippen LogP contribution in [-0.4, -0.2) is 28.1 Å². The van der Waals surface area contributed by atoms with Crippen molar-refractivity contribution in [3.63, 3.8) is 0 Å². The molecule has 0 aromatic carbocycles. The van der Waals surface area contributed by atoms with Crippen molar-refractivity contribution in [2.75, 3.05) is 12.9 Å². The Morgan fingerprint density at radius 2 is 2.29 bits per heavy atom. The number of nitrogens with zero attached hydrogens (tertiary/aromatic N) is 2. The molecule has 1 aromatic heterocycles. The molecule has 0 amide bonds. The third-order valence-corrected chi connectivity index (χ3v) is 4.41. The maximum Gasteiger partial charge on any atom is 0.237 e. The molecule has 0 aliphatic carbocycles. The SMILES string of the molecule is COc1nccnc1C(NN)C1CCCCS1. The molecule has 2 atom stereocenters. The summed E-state index contributed by atoms with van der Waals surface area (Å²) in [6, 6.07) is 0.00366. The van der Waals surface area contributed by atoms with Crippen LogP contribution in [0.5, 0.6) is 5.88 Å². The summed E-state index contributed by atoms with van der Waals surface area (Å²) in [7, 11) is 1.61. The lowest BCUT2D eigenvalue weighted by Gasteiger charge is -2.29. The number of hydrogen-bond donors (Lipinski definition) is 2. The zero-order valence-corrected chi connectivity index (χ0v) is 10.7. The zero-order chi connectivity index (χ0) is 12.1. The van der Waals surface area contributed by atoms with Gasteiger partial charge in [0, 0.05) is 17.6 Å². The molecule has 2 heterocycles. The number of hydrazine groups is 1. The fraction of sp³-hybridized carbons (Fsp3) is 0.636. The Balaban J connectivity index is 2.21. The first kappa shape index (κ1) is 12.6. The van der Waals surface area contributed by atoms with Crippen LogP contribution >= 0.6 is 11.8 Å². The highest BCUT2D eigenvalue weighted by Crippen LogP contribution is 2.35. The summed E-state index contributed by atoms with van der Waals surface area (Å²) in [6.45, 7) is 0. The smallest absolute Gasteiger partial charge is 0.237 e. The first-order valence-electron chi connectivity index (χ1n) is 5.79. The van der Waals surface area contributed by atoms with E-state index < -0.39 is 0 Å². The van der Waals surface area contributed by atoms with Crippen LogP contribution in [0.1, 0.15) is 31.0 Å². The van der Waals surface area contributed by atoms with Gasteiger partial charge in [-0.05, 0) is 18.6 Å². The molecule has 1 aliphatic heterocycles. The Morgan fingerprint density at radius 3 is 2.94 bits per heavy atom. The summed E-state index contributed by atoms with van der Waals surface area (Å²) in [5.74, 6) is 7.42. The maximum absolute atomic E-state index is 5.67. The maximum atomic E-state index is 5.67. The van der Waals surface area contributed by atoms with Crippen LogP contribution in [0.25, 0.3) is 0 Å². The molecule has 0 radical (unpaired) electrons. The lowest BCUT2D eigenvalue weighted by atomic mass is 10.0. The molecule has 17 heavy (non-hydrogen) atoms. The predicted molar refractivity (Wildman–Crippen MR) is 68.7 cm³/mol. The first-order valence-corrected chi connectivity index (χ1v) is 6.84. The zero-order valence-electron chi connectivity index (χ0n) is 9.93. The Labute approximate surface area is 106 Å². The van der Waals surface area contributed by atoms with E-state index in [2.05, 4.69) is 15.4 Å². The van der Waals surface area contributed by atoms with Gasteiger partial charge in [0.2, 0.25) is 5.88 Å². The van der Waals surface area contributed by atoms with Gasteiger partial charge in [-0.3, -0.25) is 16.3 Å². The van der Waals surface area contributed by atoms with Crippen LogP contribution in [0.4, 0.5) is 0 Å². The lowest BCUT2D eigenvalue weighted by molar-refractivity contribution is 0.372. The minimum absolute atomic E-state index is 0.00366. The second-order valence-electron chi connectivity index (χ2n) is 4.00. The minimum atomic E-state index is 0.00366. The van der Waals surface area contributed by atoms with Crippen molar-refractivity contribution in [3.05, 3.63) is 18.1 Å². The van der Waals surface area contributed by atoms with Crippen molar-refractivity contribution >= 4 is 11.8 Å². The summed E-state index contributed by atoms with van der Waals surface area (Å²) in [5, 5.41) is 0.444. The van der Waals surface area contributed by atoms with E-state index in [4.69, 9.17) is 10.6 Å². The number of methoxy groups -OCH3 is 1. The molecule has 5 nitrogen and oxygen atoms in total. The molecule has 2 unspecified atom stereocenters. The normalized spacial score (nSPS) is 22.1. The highest BCUT2D eigenvalue weighted by molar-refractivity contribution is 8.00. The highest BCUT2D eigenvalue weighted by atomic mass is 32.2. The molecule has 0 bridgehead atoms. The number of hydrogen-bond acceptors (Lipinski definition) is 6. The van der Waals surface area contributed by atoms with Gasteiger partial charge in [0.05, 0.1) is 13.2 Å². The number of rotatable bonds is 4. The molecule has 1 aliphatic rings. The van der Waals surface area contributed by atoms with Gasteiger partial charge in [0.15, 0.2) is 0 Å². The van der Waals surface area contributed by atoms with E-state index in [-0.39, 0.29) is 6.04 Å². The fourth-order valence-corrected chi connectivity index (χ4v) is 3.50. The number of nitrogens with two attached hydrogens (primary N) is 1. The van der Waals surface area contributed by atoms with E-state index in [1.54, 1.807) is 19.5 Å². The van der Waals surface area contributed by atoms with Crippen molar-refractivity contribution in [3.8, 4) is 5.88 Å². The molecule has 3 N–H and O–H groups in total. The van der Waals surface area contributed by atoms with Gasteiger partial charge in [-0.25, -0.2) is 4.98 Å². The van der Waals surface area contributed by atoms with Gasteiger partial charge in [-0.2, -0.15) is 11.8 Å². The van der Waals surface area contributed by atoms with Gasteiger partial charge in [-0.1, -0.05) is 6.42 Å². The van der Waals surface area contributed by atoms with E-state index >= 15 is 0 Å². The Kier molecular flexibility index (Phi) is 4.58. The van der Waals surface area contributed by atoms with E-state index in [1.165, 1.54) is 18.6 Å². The summed E-state index contributed by atoms with van der Waals surface area (Å²) < 4.78 is 5.24. The second kappa shape index (κ2) is 6.18. The van der Waals surface area contributed by atoms with E-state index in [9.17, 15) is 0 Å². The molecule has 6 heteroatoms. The molecule has 1 aromatic rings. The third-order valence-electron chi connectivity index (χ3n) is 2.95. The Hall–Kier alpha value is -0.850. The number of nitrogens with one attached hydrogen (secondary N) is 1. The molecule has 1 fully saturated rings. The standard InChI is InChI=1S/C11H18N4OS/c1-16-11-10(13-5-6-14-11)9(15-12)8-4-2-3-7-17-8/h5-6,8-9,15H,2-4,7,12H2,1H3. The van der Waals surface area contributed by atoms with Crippen molar-refractivity contribution in [1.82, 2.24) is 15.4 Å². The lowest BCUT2D eigenvalue weighted by Crippen LogP contribution is -2.37. The average Bonchev–Trinajstić information content (AvgIpc) is 2.41. The van der Waals surface area contributed by atoms with Gasteiger partial charge in [-0.15, -0.1) is 0 Å². The summed E-state index contributed by atoms with van der Waals surface area (Å²) in [5.41, 5.74) is 3.66. The van der Waals surface area contributed by atoms with Crippen molar-refractivity contribution in [2.45, 2.75) is 30.6 Å². The molecular formula is C11H18N4OS. The molecule has 1 saturated heterocycles. The molecule has 2 rings (SSSR count). The van der Waals surface area contributed by atoms with Gasteiger partial charge >= 0.3 is 0 Å². The fourth-order valence-electron chi connectivity index (χ4n) is 2.10. The molecule has 0 saturated carbocycles. The Morgan fingerprint density at radius 1 is 1.47 bits per heavy atom. The number of thioether (sulfide) groups is 1. The third kappa shape index (κ3) is 2.88. The van der Waals surface area contributed by atoms with Crippen LogP contribution in [0, 0.1) is 0 Å². The van der Waals surface area contributed by atoms with Gasteiger partial charge in [0.1, 0.15) is 5.69 Å². The predicted octanol–water partition coefficient (Wildman–Crippen LogP) is 1.28. The molecule has 94 valence electrons. The summed E-state index contributed by atoms with van der Waals surface area (Å²) in [6.07, 6.45) is 6.99. The average molecular weight is 254 g/mol. The van der Waals surface area contributed by atoms with Crippen LogP contribution < -0.4 is 16.0 Å². The van der Waals surface area contributed by atoms with Crippen molar-refractivity contribution in [2.24, 2.45) is 5.84 Å². The number of ether oxygens (including phenoxy) is 1. The number of aromatic nitrogens is 2. The highest BCUT2D eigenvalue weighted by Gasteiger charge is 2.28. The monoisotopic (exact) mass is 254 g/mol. The van der Waals surface area contributed by atoms with Crippen LogP contribution in [-0.2, 0) is 0 Å². The molecular weight excluding hydrogens is 236 g/mol.